The topological polar surface area (TPSA) is 63.9 Å². The van der Waals surface area contributed by atoms with Crippen molar-refractivity contribution < 1.29 is 9.18 Å². The Morgan fingerprint density at radius 2 is 2.28 bits per heavy atom. The van der Waals surface area contributed by atoms with Crippen LogP contribution in [0.2, 0.25) is 0 Å². The minimum Gasteiger partial charge on any atom is -0.332 e. The normalized spacial score (nSPS) is 19.7. The lowest BCUT2D eigenvalue weighted by molar-refractivity contribution is -0.135. The quantitative estimate of drug-likeness (QED) is 0.672. The van der Waals surface area contributed by atoms with Crippen molar-refractivity contribution in [2.45, 2.75) is 71.0 Å². The monoisotopic (exact) mass is 349 g/mol. The number of rotatable bonds is 8. The summed E-state index contributed by atoms with van der Waals surface area (Å²) < 4.78 is 13.7. The smallest absolute Gasteiger partial charge is 0.223 e. The molecular formula is C18H28FN5O. The summed E-state index contributed by atoms with van der Waals surface area (Å²) in [6.07, 6.45) is 7.47. The van der Waals surface area contributed by atoms with Gasteiger partial charge in [0.1, 0.15) is 6.17 Å². The summed E-state index contributed by atoms with van der Waals surface area (Å²) in [7, 11) is 0. The summed E-state index contributed by atoms with van der Waals surface area (Å²) in [5.74, 6) is 0.696. The molecule has 2 atom stereocenters. The molecule has 1 aliphatic heterocycles. The molecule has 7 heteroatoms. The number of aromatic nitrogens is 4. The molecule has 2 rings (SSSR count). The second-order valence-electron chi connectivity index (χ2n) is 6.49. The second-order valence-corrected chi connectivity index (χ2v) is 6.49. The number of nitrogens with zero attached hydrogens (tertiary/aromatic N) is 5. The van der Waals surface area contributed by atoms with E-state index in [1.165, 1.54) is 16.9 Å². The van der Waals surface area contributed by atoms with E-state index in [1.54, 1.807) is 6.92 Å². The van der Waals surface area contributed by atoms with Gasteiger partial charge in [-0.1, -0.05) is 19.4 Å². The third-order valence-corrected chi connectivity index (χ3v) is 4.42. The van der Waals surface area contributed by atoms with Gasteiger partial charge in [0.15, 0.2) is 5.82 Å². The average Bonchev–Trinajstić information content (AvgIpc) is 3.10. The van der Waals surface area contributed by atoms with E-state index in [4.69, 9.17) is 0 Å². The largest absolute Gasteiger partial charge is 0.332 e. The van der Waals surface area contributed by atoms with Crippen LogP contribution in [-0.4, -0.2) is 43.7 Å². The fraction of sp³-hybridized carbons (Fsp3) is 0.667. The molecular weight excluding hydrogens is 321 g/mol. The van der Waals surface area contributed by atoms with Gasteiger partial charge in [-0.2, -0.15) is 0 Å². The molecule has 0 N–H and O–H groups in total. The molecule has 0 aromatic carbocycles. The minimum absolute atomic E-state index is 0.131. The standard InChI is InChI=1S/C18H28FN5O/c1-4-6-11-17(25)23-12-8-7-10-16(23)18-20-22-24(21-18)14(3)13-15(19)9-5-2/h5,13,15-16H,2,4,6-12H2,1,3H3/b14-13+. The van der Waals surface area contributed by atoms with E-state index in [1.807, 2.05) is 4.90 Å². The van der Waals surface area contributed by atoms with Crippen LogP contribution in [0.25, 0.3) is 5.70 Å². The first-order valence-corrected chi connectivity index (χ1v) is 9.10. The van der Waals surface area contributed by atoms with Crippen molar-refractivity contribution in [3.63, 3.8) is 0 Å². The Kier molecular flexibility index (Phi) is 7.28. The van der Waals surface area contributed by atoms with E-state index in [2.05, 4.69) is 28.9 Å². The number of allylic oxidation sites excluding steroid dienone is 3. The molecule has 2 heterocycles. The van der Waals surface area contributed by atoms with Crippen LogP contribution in [0.5, 0.6) is 0 Å². The molecule has 1 saturated heterocycles. The van der Waals surface area contributed by atoms with Crippen LogP contribution in [-0.2, 0) is 4.79 Å². The molecule has 1 aromatic heterocycles. The van der Waals surface area contributed by atoms with Crippen molar-refractivity contribution in [1.82, 2.24) is 25.1 Å². The Morgan fingerprint density at radius 1 is 1.48 bits per heavy atom. The summed E-state index contributed by atoms with van der Waals surface area (Å²) in [6.45, 7) is 8.09. The lowest BCUT2D eigenvalue weighted by Crippen LogP contribution is -2.39. The molecule has 138 valence electrons. The van der Waals surface area contributed by atoms with Crippen LogP contribution in [0.15, 0.2) is 18.7 Å². The zero-order valence-electron chi connectivity index (χ0n) is 15.2. The van der Waals surface area contributed by atoms with Crippen molar-refractivity contribution in [2.75, 3.05) is 6.54 Å². The fourth-order valence-corrected chi connectivity index (χ4v) is 3.03. The number of carbonyl (C=O) groups is 1. The number of piperidine rings is 1. The van der Waals surface area contributed by atoms with E-state index in [9.17, 15) is 9.18 Å². The first kappa shape index (κ1) is 19.3. The van der Waals surface area contributed by atoms with Gasteiger partial charge in [0.2, 0.25) is 5.91 Å². The van der Waals surface area contributed by atoms with Crippen molar-refractivity contribution >= 4 is 11.6 Å². The number of amides is 1. The van der Waals surface area contributed by atoms with E-state index < -0.39 is 6.17 Å². The van der Waals surface area contributed by atoms with Crippen molar-refractivity contribution in [3.05, 3.63) is 24.6 Å². The van der Waals surface area contributed by atoms with Crippen LogP contribution < -0.4 is 0 Å². The molecule has 6 nitrogen and oxygen atoms in total. The average molecular weight is 349 g/mol. The maximum absolute atomic E-state index is 13.7. The molecule has 1 aliphatic rings. The highest BCUT2D eigenvalue weighted by Gasteiger charge is 2.30. The van der Waals surface area contributed by atoms with Gasteiger partial charge in [-0.15, -0.1) is 21.6 Å². The van der Waals surface area contributed by atoms with Gasteiger partial charge in [-0.25, -0.2) is 4.39 Å². The number of unbranched alkanes of at least 4 members (excludes halogenated alkanes) is 1. The third kappa shape index (κ3) is 5.21. The Labute approximate surface area is 148 Å². The van der Waals surface area contributed by atoms with Crippen LogP contribution >= 0.6 is 0 Å². The van der Waals surface area contributed by atoms with Crippen LogP contribution in [0, 0.1) is 0 Å². The van der Waals surface area contributed by atoms with E-state index in [0.29, 0.717) is 17.9 Å². The first-order valence-electron chi connectivity index (χ1n) is 9.10. The first-order chi connectivity index (χ1) is 12.1. The Bertz CT molecular complexity index is 612. The van der Waals surface area contributed by atoms with Crippen molar-refractivity contribution in [3.8, 4) is 0 Å². The predicted octanol–water partition coefficient (Wildman–Crippen LogP) is 3.69. The maximum atomic E-state index is 13.7. The molecule has 25 heavy (non-hydrogen) atoms. The number of hydrogen-bond donors (Lipinski definition) is 0. The lowest BCUT2D eigenvalue weighted by Gasteiger charge is -2.33. The lowest BCUT2D eigenvalue weighted by atomic mass is 10.0. The molecule has 2 unspecified atom stereocenters. The molecule has 1 fully saturated rings. The van der Waals surface area contributed by atoms with Crippen LogP contribution in [0.1, 0.15) is 70.7 Å². The summed E-state index contributed by atoms with van der Waals surface area (Å²) in [5, 5.41) is 12.6. The Hall–Kier alpha value is -2.05. The highest BCUT2D eigenvalue weighted by atomic mass is 19.1. The number of alkyl halides is 1. The number of halogens is 1. The predicted molar refractivity (Wildman–Crippen MR) is 95.3 cm³/mol. The SMILES string of the molecule is C=CCC(F)/C=C(\C)n1nnc(C2CCCCN2C(=O)CCCC)n1. The third-order valence-electron chi connectivity index (χ3n) is 4.42. The minimum atomic E-state index is -1.12. The van der Waals surface area contributed by atoms with Gasteiger partial charge < -0.3 is 4.90 Å². The summed E-state index contributed by atoms with van der Waals surface area (Å²) in [5.41, 5.74) is 0.577. The summed E-state index contributed by atoms with van der Waals surface area (Å²) in [4.78, 5) is 15.7. The molecule has 0 spiro atoms. The summed E-state index contributed by atoms with van der Waals surface area (Å²) >= 11 is 0. The van der Waals surface area contributed by atoms with E-state index in [0.717, 1.165) is 38.6 Å². The molecule has 1 amide bonds. The highest BCUT2D eigenvalue weighted by molar-refractivity contribution is 5.76. The van der Waals surface area contributed by atoms with E-state index >= 15 is 0 Å². The number of hydrogen-bond acceptors (Lipinski definition) is 4. The fourth-order valence-electron chi connectivity index (χ4n) is 3.03. The van der Waals surface area contributed by atoms with Gasteiger partial charge in [0.25, 0.3) is 0 Å². The molecule has 1 aromatic rings. The van der Waals surface area contributed by atoms with Gasteiger partial charge in [-0.3, -0.25) is 4.79 Å². The zero-order valence-corrected chi connectivity index (χ0v) is 15.2. The Balaban J connectivity index is 2.12. The van der Waals surface area contributed by atoms with Gasteiger partial charge >= 0.3 is 0 Å². The van der Waals surface area contributed by atoms with E-state index in [-0.39, 0.29) is 18.4 Å². The Morgan fingerprint density at radius 3 is 3.00 bits per heavy atom. The van der Waals surface area contributed by atoms with Gasteiger partial charge in [-0.05, 0) is 50.3 Å². The summed E-state index contributed by atoms with van der Waals surface area (Å²) in [6, 6.07) is -0.131. The highest BCUT2D eigenvalue weighted by Crippen LogP contribution is 2.29. The number of carbonyl (C=O) groups excluding carboxylic acids is 1. The molecule has 0 saturated carbocycles. The zero-order chi connectivity index (χ0) is 18.2. The molecule has 0 bridgehead atoms. The van der Waals surface area contributed by atoms with Crippen molar-refractivity contribution in [1.29, 1.82) is 0 Å². The number of likely N-dealkylation sites (tertiary alicyclic amines) is 1. The van der Waals surface area contributed by atoms with Gasteiger partial charge in [0.05, 0.1) is 11.7 Å². The van der Waals surface area contributed by atoms with Crippen molar-refractivity contribution in [2.24, 2.45) is 0 Å². The van der Waals surface area contributed by atoms with Crippen LogP contribution in [0.3, 0.4) is 0 Å². The molecule has 0 aliphatic carbocycles. The van der Waals surface area contributed by atoms with Gasteiger partial charge in [0, 0.05) is 13.0 Å². The van der Waals surface area contributed by atoms with Crippen LogP contribution in [0.4, 0.5) is 4.39 Å². The molecule has 0 radical (unpaired) electrons. The maximum Gasteiger partial charge on any atom is 0.223 e. The second kappa shape index (κ2) is 9.44. The number of tetrazole rings is 1.